The molecule has 0 bridgehead atoms. The molecule has 0 aliphatic carbocycles. The maximum atomic E-state index is 12.9. The number of rotatable bonds is 4. The van der Waals surface area contributed by atoms with Crippen molar-refractivity contribution >= 4 is 43.2 Å². The van der Waals surface area contributed by atoms with E-state index >= 15 is 0 Å². The summed E-state index contributed by atoms with van der Waals surface area (Å²) < 4.78 is 53.8. The van der Waals surface area contributed by atoms with Crippen molar-refractivity contribution in [2.45, 2.75) is 9.79 Å². The summed E-state index contributed by atoms with van der Waals surface area (Å²) in [6, 6.07) is 12.1. The molecule has 1 heterocycles. The van der Waals surface area contributed by atoms with Gasteiger partial charge in [-0.15, -0.1) is 0 Å². The fourth-order valence-corrected chi connectivity index (χ4v) is 6.62. The molecule has 0 unspecified atom stereocenters. The minimum atomic E-state index is -3.92. The van der Waals surface area contributed by atoms with Crippen LogP contribution in [-0.2, 0) is 20.0 Å². The molecule has 1 fully saturated rings. The fourth-order valence-electron chi connectivity index (χ4n) is 2.90. The minimum Gasteiger partial charge on any atom is -0.207 e. The lowest BCUT2D eigenvalue weighted by Gasteiger charge is -2.33. The molecular formula is C17H15Cl2N3O4S2. The second-order valence-corrected chi connectivity index (χ2v) is 10.6. The Labute approximate surface area is 173 Å². The topological polar surface area (TPSA) is 98.5 Å². The third kappa shape index (κ3) is 3.76. The molecule has 28 heavy (non-hydrogen) atoms. The standard InChI is InChI=1S/C17H15Cl2N3O4S2/c18-14-5-3-7-16(17(14)19)28(25,26)22-10-8-21(9-11-22)27(23,24)15-6-2-1-4-13(15)12-20/h1-7H,8-11H2. The number of hydrogen-bond donors (Lipinski definition) is 0. The molecule has 0 N–H and O–H groups in total. The molecule has 2 aromatic rings. The van der Waals surface area contributed by atoms with Gasteiger partial charge in [-0.25, -0.2) is 16.8 Å². The van der Waals surface area contributed by atoms with Crippen molar-refractivity contribution in [1.29, 1.82) is 5.26 Å². The van der Waals surface area contributed by atoms with Crippen molar-refractivity contribution in [3.05, 3.63) is 58.1 Å². The highest BCUT2D eigenvalue weighted by Gasteiger charge is 2.35. The van der Waals surface area contributed by atoms with Crippen LogP contribution in [-0.4, -0.2) is 51.6 Å². The largest absolute Gasteiger partial charge is 0.244 e. The average molecular weight is 460 g/mol. The quantitative estimate of drug-likeness (QED) is 0.699. The van der Waals surface area contributed by atoms with Crippen molar-refractivity contribution < 1.29 is 16.8 Å². The van der Waals surface area contributed by atoms with Gasteiger partial charge in [0, 0.05) is 26.2 Å². The summed E-state index contributed by atoms with van der Waals surface area (Å²) in [4.78, 5) is -0.209. The molecule has 0 aromatic heterocycles. The van der Waals surface area contributed by atoms with Gasteiger partial charge in [0.25, 0.3) is 0 Å². The van der Waals surface area contributed by atoms with Crippen LogP contribution in [0.5, 0.6) is 0 Å². The van der Waals surface area contributed by atoms with Crippen molar-refractivity contribution in [2.75, 3.05) is 26.2 Å². The van der Waals surface area contributed by atoms with E-state index in [0.29, 0.717) is 0 Å². The Balaban J connectivity index is 1.83. The first-order valence-electron chi connectivity index (χ1n) is 8.13. The van der Waals surface area contributed by atoms with Crippen LogP contribution in [0.3, 0.4) is 0 Å². The summed E-state index contributed by atoms with van der Waals surface area (Å²) in [6.45, 7) is -0.169. The lowest BCUT2D eigenvalue weighted by molar-refractivity contribution is 0.273. The Kier molecular flexibility index (Phi) is 6.00. The zero-order chi connectivity index (χ0) is 20.5. The zero-order valence-electron chi connectivity index (χ0n) is 14.4. The van der Waals surface area contributed by atoms with Gasteiger partial charge in [0.1, 0.15) is 11.0 Å². The van der Waals surface area contributed by atoms with Crippen molar-refractivity contribution in [1.82, 2.24) is 8.61 Å². The van der Waals surface area contributed by atoms with Crippen LogP contribution in [0.25, 0.3) is 0 Å². The third-order valence-electron chi connectivity index (χ3n) is 4.36. The number of halogens is 2. The van der Waals surface area contributed by atoms with Crippen LogP contribution in [0.4, 0.5) is 0 Å². The first-order valence-corrected chi connectivity index (χ1v) is 11.8. The first-order chi connectivity index (χ1) is 13.2. The van der Waals surface area contributed by atoms with E-state index < -0.39 is 20.0 Å². The molecular weight excluding hydrogens is 445 g/mol. The Morgan fingerprint density at radius 3 is 1.86 bits per heavy atom. The van der Waals surface area contributed by atoms with Gasteiger partial charge in [-0.05, 0) is 24.3 Å². The molecule has 1 aliphatic heterocycles. The summed E-state index contributed by atoms with van der Waals surface area (Å²) in [5.41, 5.74) is 0.0447. The summed E-state index contributed by atoms with van der Waals surface area (Å²) >= 11 is 11.9. The van der Waals surface area contributed by atoms with Crippen LogP contribution < -0.4 is 0 Å². The molecule has 11 heteroatoms. The second-order valence-electron chi connectivity index (χ2n) is 5.97. The minimum absolute atomic E-state index is 0.0422. The van der Waals surface area contributed by atoms with E-state index in [4.69, 9.17) is 28.5 Å². The van der Waals surface area contributed by atoms with Gasteiger partial charge >= 0.3 is 0 Å². The molecule has 148 valence electrons. The summed E-state index contributed by atoms with van der Waals surface area (Å²) in [5, 5.41) is 9.21. The number of nitriles is 1. The van der Waals surface area contributed by atoms with Crippen LogP contribution in [0.2, 0.25) is 10.0 Å². The monoisotopic (exact) mass is 459 g/mol. The summed E-state index contributed by atoms with van der Waals surface area (Å²) in [5.74, 6) is 0. The van der Waals surface area contributed by atoms with Crippen molar-refractivity contribution in [3.63, 3.8) is 0 Å². The van der Waals surface area contributed by atoms with Crippen LogP contribution >= 0.6 is 23.2 Å². The highest BCUT2D eigenvalue weighted by molar-refractivity contribution is 7.89. The maximum absolute atomic E-state index is 12.9. The number of nitrogens with zero attached hydrogens (tertiary/aromatic N) is 3. The van der Waals surface area contributed by atoms with Gasteiger partial charge in [0.2, 0.25) is 20.0 Å². The van der Waals surface area contributed by atoms with Crippen LogP contribution in [0, 0.1) is 11.3 Å². The smallest absolute Gasteiger partial charge is 0.207 e. The normalized spacial score (nSPS) is 16.6. The molecule has 0 atom stereocenters. The number of sulfonamides is 2. The molecule has 0 saturated carbocycles. The van der Waals surface area contributed by atoms with Gasteiger partial charge < -0.3 is 0 Å². The van der Waals surface area contributed by atoms with Crippen LogP contribution in [0.1, 0.15) is 5.56 Å². The molecule has 7 nitrogen and oxygen atoms in total. The van der Waals surface area contributed by atoms with E-state index in [1.54, 1.807) is 6.07 Å². The molecule has 3 rings (SSSR count). The average Bonchev–Trinajstić information content (AvgIpc) is 2.70. The van der Waals surface area contributed by atoms with Crippen molar-refractivity contribution in [2.24, 2.45) is 0 Å². The molecule has 0 spiro atoms. The predicted octanol–water partition coefficient (Wildman–Crippen LogP) is 2.56. The molecule has 1 saturated heterocycles. The maximum Gasteiger partial charge on any atom is 0.244 e. The van der Waals surface area contributed by atoms with E-state index in [1.165, 1.54) is 45.0 Å². The summed E-state index contributed by atoms with van der Waals surface area (Å²) in [6.07, 6.45) is 0. The van der Waals surface area contributed by atoms with Gasteiger partial charge in [0.05, 0.1) is 20.5 Å². The number of benzene rings is 2. The molecule has 2 aromatic carbocycles. The van der Waals surface area contributed by atoms with Gasteiger partial charge in [-0.3, -0.25) is 0 Å². The molecule has 0 radical (unpaired) electrons. The third-order valence-corrected chi connectivity index (χ3v) is 9.19. The first kappa shape index (κ1) is 21.0. The highest BCUT2D eigenvalue weighted by atomic mass is 35.5. The Hall–Kier alpha value is -1.67. The van der Waals surface area contributed by atoms with E-state index in [1.807, 2.05) is 6.07 Å². The Morgan fingerprint density at radius 2 is 1.29 bits per heavy atom. The summed E-state index contributed by atoms with van der Waals surface area (Å²) in [7, 11) is -7.83. The number of hydrogen-bond acceptors (Lipinski definition) is 5. The lowest BCUT2D eigenvalue weighted by atomic mass is 10.2. The Morgan fingerprint density at radius 1 is 0.786 bits per heavy atom. The SMILES string of the molecule is N#Cc1ccccc1S(=O)(=O)N1CCN(S(=O)(=O)c2cccc(Cl)c2Cl)CC1. The molecule has 1 aliphatic rings. The van der Waals surface area contributed by atoms with E-state index in [9.17, 15) is 16.8 Å². The molecule has 0 amide bonds. The van der Waals surface area contributed by atoms with E-state index in [-0.39, 0.29) is 51.6 Å². The lowest BCUT2D eigenvalue weighted by Crippen LogP contribution is -2.50. The highest BCUT2D eigenvalue weighted by Crippen LogP contribution is 2.31. The number of piperazine rings is 1. The van der Waals surface area contributed by atoms with Gasteiger partial charge in [-0.1, -0.05) is 41.4 Å². The second kappa shape index (κ2) is 7.99. The van der Waals surface area contributed by atoms with Gasteiger partial charge in [-0.2, -0.15) is 13.9 Å². The van der Waals surface area contributed by atoms with Gasteiger partial charge in [0.15, 0.2) is 0 Å². The van der Waals surface area contributed by atoms with Crippen molar-refractivity contribution in [3.8, 4) is 6.07 Å². The Bertz CT molecular complexity index is 1150. The van der Waals surface area contributed by atoms with E-state index in [2.05, 4.69) is 0 Å². The van der Waals surface area contributed by atoms with Crippen LogP contribution in [0.15, 0.2) is 52.3 Å². The fraction of sp³-hybridized carbons (Fsp3) is 0.235. The predicted molar refractivity (Wildman–Crippen MR) is 105 cm³/mol. The zero-order valence-corrected chi connectivity index (χ0v) is 17.6. The van der Waals surface area contributed by atoms with E-state index in [0.717, 1.165) is 0 Å².